The van der Waals surface area contributed by atoms with Crippen LogP contribution in [-0.2, 0) is 19.6 Å². The largest absolute Gasteiger partial charge is 0.469 e. The van der Waals surface area contributed by atoms with Crippen LogP contribution >= 0.6 is 11.3 Å². The number of hydrogen-bond donors (Lipinski definition) is 2. The number of hydrogen-bond acceptors (Lipinski definition) is 6. The second-order valence-corrected chi connectivity index (χ2v) is 8.04. The van der Waals surface area contributed by atoms with Crippen molar-refractivity contribution in [2.75, 3.05) is 14.2 Å². The standard InChI is InChI=1S/C16H17FN2O5S2/c1-18-26(22,23)10-5-6-12(17)11(8-10)16(21)19-13(9-15(20)24-2)14-4-3-7-25-14/h3-8,13,18H,9H2,1-2H3,(H,19,21). The summed E-state index contributed by atoms with van der Waals surface area (Å²) in [5, 5.41) is 4.32. The van der Waals surface area contributed by atoms with Crippen LogP contribution in [0.3, 0.4) is 0 Å². The molecule has 1 amide bonds. The van der Waals surface area contributed by atoms with Crippen LogP contribution in [0.15, 0.2) is 40.6 Å². The van der Waals surface area contributed by atoms with E-state index in [-0.39, 0.29) is 11.3 Å². The number of carbonyl (C=O) groups is 2. The molecule has 140 valence electrons. The van der Waals surface area contributed by atoms with Crippen LogP contribution in [0.2, 0.25) is 0 Å². The molecule has 2 rings (SSSR count). The number of thiophene rings is 1. The molecule has 0 spiro atoms. The molecule has 1 aromatic carbocycles. The Labute approximate surface area is 154 Å². The molecule has 26 heavy (non-hydrogen) atoms. The summed E-state index contributed by atoms with van der Waals surface area (Å²) in [6.07, 6.45) is -0.140. The van der Waals surface area contributed by atoms with Gasteiger partial charge in [-0.15, -0.1) is 11.3 Å². The maximum absolute atomic E-state index is 14.1. The summed E-state index contributed by atoms with van der Waals surface area (Å²) in [5.74, 6) is -2.26. The van der Waals surface area contributed by atoms with Crippen LogP contribution in [-0.4, -0.2) is 34.5 Å². The van der Waals surface area contributed by atoms with Gasteiger partial charge in [-0.25, -0.2) is 17.5 Å². The van der Waals surface area contributed by atoms with E-state index in [2.05, 4.69) is 14.8 Å². The lowest BCUT2D eigenvalue weighted by Crippen LogP contribution is -2.31. The van der Waals surface area contributed by atoms with Gasteiger partial charge in [-0.05, 0) is 36.7 Å². The summed E-state index contributed by atoms with van der Waals surface area (Å²) >= 11 is 1.31. The Bertz CT molecular complexity index is 897. The Morgan fingerprint density at radius 3 is 2.62 bits per heavy atom. The molecule has 10 heteroatoms. The van der Waals surface area contributed by atoms with Crippen molar-refractivity contribution in [3.05, 3.63) is 52.0 Å². The number of nitrogens with one attached hydrogen (secondary N) is 2. The first-order valence-corrected chi connectivity index (χ1v) is 9.79. The molecule has 7 nitrogen and oxygen atoms in total. The maximum atomic E-state index is 14.1. The van der Waals surface area contributed by atoms with Gasteiger partial charge in [-0.3, -0.25) is 9.59 Å². The number of carbonyl (C=O) groups excluding carboxylic acids is 2. The number of ether oxygens (including phenoxy) is 1. The second-order valence-electron chi connectivity index (χ2n) is 5.17. The van der Waals surface area contributed by atoms with E-state index in [1.807, 2.05) is 0 Å². The molecule has 1 heterocycles. The molecular weight excluding hydrogens is 383 g/mol. The summed E-state index contributed by atoms with van der Waals surface area (Å²) in [6.45, 7) is 0. The SMILES string of the molecule is CNS(=O)(=O)c1ccc(F)c(C(=O)NC(CC(=O)OC)c2cccs2)c1. The van der Waals surface area contributed by atoms with Gasteiger partial charge in [0.05, 0.1) is 30.0 Å². The van der Waals surface area contributed by atoms with Crippen LogP contribution in [0.1, 0.15) is 27.7 Å². The molecule has 1 atom stereocenters. The van der Waals surface area contributed by atoms with Crippen LogP contribution in [0.5, 0.6) is 0 Å². The number of esters is 1. The van der Waals surface area contributed by atoms with Gasteiger partial charge in [0.2, 0.25) is 10.0 Å². The van der Waals surface area contributed by atoms with E-state index in [1.54, 1.807) is 17.5 Å². The summed E-state index contributed by atoms with van der Waals surface area (Å²) in [4.78, 5) is 24.5. The van der Waals surface area contributed by atoms with Crippen molar-refractivity contribution in [2.24, 2.45) is 0 Å². The normalized spacial score (nSPS) is 12.4. The molecule has 0 aliphatic rings. The number of benzene rings is 1. The average Bonchev–Trinajstić information content (AvgIpc) is 3.15. The number of rotatable bonds is 7. The van der Waals surface area contributed by atoms with Gasteiger partial charge in [0.25, 0.3) is 5.91 Å². The van der Waals surface area contributed by atoms with Crippen LogP contribution in [0.4, 0.5) is 4.39 Å². The Kier molecular flexibility index (Phi) is 6.46. The van der Waals surface area contributed by atoms with E-state index in [0.29, 0.717) is 4.88 Å². The van der Waals surface area contributed by atoms with Crippen molar-refractivity contribution in [3.8, 4) is 0 Å². The quantitative estimate of drug-likeness (QED) is 0.691. The fourth-order valence-electron chi connectivity index (χ4n) is 2.16. The smallest absolute Gasteiger partial charge is 0.307 e. The van der Waals surface area contributed by atoms with Gasteiger partial charge in [-0.2, -0.15) is 0 Å². The minimum absolute atomic E-state index is 0.140. The van der Waals surface area contributed by atoms with E-state index >= 15 is 0 Å². The topological polar surface area (TPSA) is 102 Å². The molecule has 0 aliphatic heterocycles. The maximum Gasteiger partial charge on any atom is 0.307 e. The molecule has 2 aromatic rings. The van der Waals surface area contributed by atoms with E-state index in [0.717, 1.165) is 18.2 Å². The van der Waals surface area contributed by atoms with Gasteiger partial charge in [-0.1, -0.05) is 6.07 Å². The number of halogens is 1. The minimum atomic E-state index is -3.83. The Morgan fingerprint density at radius 1 is 1.31 bits per heavy atom. The van der Waals surface area contributed by atoms with Gasteiger partial charge in [0.15, 0.2) is 0 Å². The van der Waals surface area contributed by atoms with Gasteiger partial charge >= 0.3 is 5.97 Å². The number of amides is 1. The summed E-state index contributed by atoms with van der Waals surface area (Å²) in [6, 6.07) is 5.65. The first-order valence-electron chi connectivity index (χ1n) is 7.42. The zero-order valence-corrected chi connectivity index (χ0v) is 15.6. The van der Waals surface area contributed by atoms with Crippen LogP contribution < -0.4 is 10.0 Å². The Morgan fingerprint density at radius 2 is 2.04 bits per heavy atom. The Hall–Kier alpha value is -2.30. The first-order chi connectivity index (χ1) is 12.3. The molecule has 0 saturated carbocycles. The van der Waals surface area contributed by atoms with Crippen molar-refractivity contribution in [1.29, 1.82) is 0 Å². The van der Waals surface area contributed by atoms with Crippen molar-refractivity contribution >= 4 is 33.2 Å². The molecule has 1 aromatic heterocycles. The molecule has 0 aliphatic carbocycles. The molecular formula is C16H17FN2O5S2. The van der Waals surface area contributed by atoms with E-state index < -0.39 is 39.3 Å². The van der Waals surface area contributed by atoms with Crippen molar-refractivity contribution in [1.82, 2.24) is 10.0 Å². The lowest BCUT2D eigenvalue weighted by molar-refractivity contribution is -0.141. The third-order valence-corrected chi connectivity index (χ3v) is 5.95. The molecule has 0 radical (unpaired) electrons. The average molecular weight is 400 g/mol. The highest BCUT2D eigenvalue weighted by Gasteiger charge is 2.23. The van der Waals surface area contributed by atoms with Gasteiger partial charge < -0.3 is 10.1 Å². The highest BCUT2D eigenvalue weighted by Crippen LogP contribution is 2.24. The minimum Gasteiger partial charge on any atom is -0.469 e. The summed E-state index contributed by atoms with van der Waals surface area (Å²) < 4.78 is 44.5. The monoisotopic (exact) mass is 400 g/mol. The predicted octanol–water partition coefficient (Wildman–Crippen LogP) is 1.83. The summed E-state index contributed by atoms with van der Waals surface area (Å²) in [5.41, 5.74) is -0.437. The fraction of sp³-hybridized carbons (Fsp3) is 0.250. The molecule has 0 bridgehead atoms. The molecule has 0 fully saturated rings. The van der Waals surface area contributed by atoms with E-state index in [4.69, 9.17) is 0 Å². The molecule has 0 saturated heterocycles. The highest BCUT2D eigenvalue weighted by molar-refractivity contribution is 7.89. The van der Waals surface area contributed by atoms with E-state index in [9.17, 15) is 22.4 Å². The first kappa shape index (κ1) is 20.0. The van der Waals surface area contributed by atoms with E-state index in [1.165, 1.54) is 25.5 Å². The number of sulfonamides is 1. The zero-order valence-electron chi connectivity index (χ0n) is 14.0. The number of methoxy groups -OCH3 is 1. The third kappa shape index (κ3) is 4.65. The summed E-state index contributed by atoms with van der Waals surface area (Å²) in [7, 11) is -1.40. The highest BCUT2D eigenvalue weighted by atomic mass is 32.2. The third-order valence-electron chi connectivity index (χ3n) is 3.55. The molecule has 2 N–H and O–H groups in total. The van der Waals surface area contributed by atoms with Crippen LogP contribution in [0, 0.1) is 5.82 Å². The zero-order chi connectivity index (χ0) is 19.3. The van der Waals surface area contributed by atoms with Gasteiger partial charge in [0.1, 0.15) is 5.82 Å². The fourth-order valence-corrected chi connectivity index (χ4v) is 3.70. The van der Waals surface area contributed by atoms with Crippen molar-refractivity contribution in [3.63, 3.8) is 0 Å². The van der Waals surface area contributed by atoms with Gasteiger partial charge in [0, 0.05) is 4.88 Å². The lowest BCUT2D eigenvalue weighted by atomic mass is 10.1. The predicted molar refractivity (Wildman–Crippen MR) is 93.8 cm³/mol. The molecule has 1 unspecified atom stereocenters. The lowest BCUT2D eigenvalue weighted by Gasteiger charge is -2.17. The Balaban J connectivity index is 2.32. The van der Waals surface area contributed by atoms with Crippen LogP contribution in [0.25, 0.3) is 0 Å². The van der Waals surface area contributed by atoms with Crippen molar-refractivity contribution < 1.29 is 27.1 Å². The van der Waals surface area contributed by atoms with Crippen molar-refractivity contribution in [2.45, 2.75) is 17.4 Å². The second kappa shape index (κ2) is 8.39.